The number of hydrogen-bond donors (Lipinski definition) is 5. The molecule has 0 spiro atoms. The summed E-state index contributed by atoms with van der Waals surface area (Å²) in [7, 11) is 1.76. The van der Waals surface area contributed by atoms with Crippen LogP contribution in [-0.2, 0) is 26.2 Å². The van der Waals surface area contributed by atoms with Gasteiger partial charge in [-0.15, -0.1) is 0 Å². The van der Waals surface area contributed by atoms with E-state index in [2.05, 4.69) is 10.3 Å². The number of phenols is 1. The average molecular weight is 780 g/mol. The van der Waals surface area contributed by atoms with E-state index in [4.69, 9.17) is 10.5 Å². The lowest BCUT2D eigenvalue weighted by Crippen LogP contribution is -2.51. The number of carbonyl (C=O) groups excluding carboxylic acids is 3. The second kappa shape index (κ2) is 19.4. The number of rotatable bonds is 16. The SMILES string of the molecule is CN(CCCNC[C@H](O)c1ccc(O)c2[nH]c(=O)ccc12)C(=O)c1ccc(CCC(=O)N2CCC(C(=O)O[C@@H](CN)C3CCCCC3)(c3ccccc3)CC2)cc1. The van der Waals surface area contributed by atoms with Crippen LogP contribution in [0, 0.1) is 5.92 Å². The number of amides is 2. The number of H-pyrrole nitrogens is 1. The summed E-state index contributed by atoms with van der Waals surface area (Å²) in [5, 5.41) is 24.7. The first kappa shape index (κ1) is 41.6. The molecule has 4 aromatic rings. The van der Waals surface area contributed by atoms with Crippen LogP contribution in [0.15, 0.2) is 83.7 Å². The minimum Gasteiger partial charge on any atom is -0.506 e. The quantitative estimate of drug-likeness (QED) is 0.0777. The first-order valence-electron chi connectivity index (χ1n) is 20.4. The molecule has 1 saturated carbocycles. The van der Waals surface area contributed by atoms with Crippen LogP contribution in [0.5, 0.6) is 5.75 Å². The van der Waals surface area contributed by atoms with Crippen LogP contribution in [0.25, 0.3) is 10.9 Å². The standard InChI is InChI=1S/C45H57N5O7/c1-49(26-8-25-47-30-38(52)35-18-20-37(51)42-36(35)19-21-40(53)48-42)43(55)33-16-13-31(14-17-33)15-22-41(54)50-27-23-45(24-28-50,34-11-6-3-7-12-34)44(56)57-39(29-46)32-9-4-2-5-10-32/h3,6-7,11-14,16-21,32,38-39,47,51-52H,2,4-5,8-10,15,22-30,46H2,1H3,(H,48,53)/t38-,39-/m0/s1. The molecule has 57 heavy (non-hydrogen) atoms. The number of nitrogens with one attached hydrogen (secondary N) is 2. The van der Waals surface area contributed by atoms with Gasteiger partial charge in [0.15, 0.2) is 0 Å². The Labute approximate surface area is 334 Å². The predicted molar refractivity (Wildman–Crippen MR) is 220 cm³/mol. The van der Waals surface area contributed by atoms with Gasteiger partial charge in [0.25, 0.3) is 5.91 Å². The number of likely N-dealkylation sites (tertiary alicyclic amines) is 1. The minimum absolute atomic E-state index is 0.0424. The van der Waals surface area contributed by atoms with Crippen molar-refractivity contribution in [3.8, 4) is 5.75 Å². The van der Waals surface area contributed by atoms with E-state index in [0.717, 1.165) is 36.8 Å². The molecule has 304 valence electrons. The molecule has 1 aliphatic carbocycles. The van der Waals surface area contributed by atoms with Crippen molar-refractivity contribution in [1.29, 1.82) is 0 Å². The zero-order valence-electron chi connectivity index (χ0n) is 33.0. The fraction of sp³-hybridized carbons (Fsp3) is 0.467. The molecule has 0 radical (unpaired) electrons. The van der Waals surface area contributed by atoms with Crippen LogP contribution in [0.3, 0.4) is 0 Å². The number of aromatic hydroxyl groups is 1. The van der Waals surface area contributed by atoms with Crippen molar-refractivity contribution in [2.24, 2.45) is 11.7 Å². The highest BCUT2D eigenvalue weighted by Gasteiger charge is 2.46. The fourth-order valence-corrected chi connectivity index (χ4v) is 8.48. The summed E-state index contributed by atoms with van der Waals surface area (Å²) in [6.07, 6.45) is 6.95. The number of aryl methyl sites for hydroxylation is 1. The first-order chi connectivity index (χ1) is 27.6. The third kappa shape index (κ3) is 10.1. The lowest BCUT2D eigenvalue weighted by Gasteiger charge is -2.41. The number of aliphatic hydroxyl groups excluding tert-OH is 1. The normalized spacial score (nSPS) is 16.9. The number of nitrogens with zero attached hydrogens (tertiary/aromatic N) is 2. The molecule has 6 rings (SSSR count). The maximum absolute atomic E-state index is 14.0. The zero-order chi connectivity index (χ0) is 40.4. The Morgan fingerprint density at radius 2 is 1.70 bits per heavy atom. The van der Waals surface area contributed by atoms with Crippen LogP contribution in [-0.4, -0.2) is 95.2 Å². The summed E-state index contributed by atoms with van der Waals surface area (Å²) in [6.45, 7) is 2.59. The van der Waals surface area contributed by atoms with E-state index in [-0.39, 0.29) is 47.3 Å². The third-order valence-electron chi connectivity index (χ3n) is 12.0. The van der Waals surface area contributed by atoms with Crippen molar-refractivity contribution >= 4 is 28.7 Å². The van der Waals surface area contributed by atoms with Gasteiger partial charge < -0.3 is 40.8 Å². The van der Waals surface area contributed by atoms with Gasteiger partial charge in [0.05, 0.1) is 17.0 Å². The van der Waals surface area contributed by atoms with E-state index >= 15 is 0 Å². The zero-order valence-corrected chi connectivity index (χ0v) is 33.0. The molecule has 1 aromatic heterocycles. The molecule has 12 heteroatoms. The number of pyridine rings is 1. The minimum atomic E-state index is -0.859. The summed E-state index contributed by atoms with van der Waals surface area (Å²) in [6, 6.07) is 23.2. The van der Waals surface area contributed by atoms with Gasteiger partial charge in [-0.2, -0.15) is 0 Å². The van der Waals surface area contributed by atoms with Gasteiger partial charge in [-0.3, -0.25) is 19.2 Å². The van der Waals surface area contributed by atoms with E-state index in [1.165, 1.54) is 18.6 Å². The van der Waals surface area contributed by atoms with Gasteiger partial charge in [-0.1, -0.05) is 67.8 Å². The van der Waals surface area contributed by atoms with E-state index in [9.17, 15) is 29.4 Å². The number of esters is 1. The van der Waals surface area contributed by atoms with Crippen molar-refractivity contribution < 1.29 is 29.3 Å². The topological polar surface area (TPSA) is 178 Å². The molecule has 12 nitrogen and oxygen atoms in total. The Kier molecular flexibility index (Phi) is 14.2. The molecule has 2 amide bonds. The number of aromatic nitrogens is 1. The number of aliphatic hydroxyl groups is 1. The highest BCUT2D eigenvalue weighted by atomic mass is 16.5. The Hall–Kier alpha value is -5.04. The molecular formula is C45H57N5O7. The van der Waals surface area contributed by atoms with E-state index in [1.807, 2.05) is 47.4 Å². The van der Waals surface area contributed by atoms with Crippen LogP contribution < -0.4 is 16.6 Å². The van der Waals surface area contributed by atoms with Crippen molar-refractivity contribution in [2.75, 3.05) is 46.3 Å². The maximum atomic E-state index is 14.0. The van der Waals surface area contributed by atoms with E-state index in [1.54, 1.807) is 36.2 Å². The number of benzene rings is 3. The number of nitrogens with two attached hydrogens (primary N) is 1. The van der Waals surface area contributed by atoms with Gasteiger partial charge >= 0.3 is 5.97 Å². The third-order valence-corrected chi connectivity index (χ3v) is 12.0. The number of piperidine rings is 1. The van der Waals surface area contributed by atoms with Crippen LogP contribution in [0.4, 0.5) is 0 Å². The van der Waals surface area contributed by atoms with Gasteiger partial charge in [0, 0.05) is 63.2 Å². The summed E-state index contributed by atoms with van der Waals surface area (Å²) in [5.74, 6) is -0.0472. The number of phenolic OH excluding ortho intramolecular Hbond substituents is 1. The predicted octanol–water partition coefficient (Wildman–Crippen LogP) is 4.96. The fourth-order valence-electron chi connectivity index (χ4n) is 8.48. The number of hydrogen-bond acceptors (Lipinski definition) is 9. The van der Waals surface area contributed by atoms with Crippen molar-refractivity contribution in [1.82, 2.24) is 20.1 Å². The molecule has 2 aliphatic rings. The number of carbonyl (C=O) groups is 3. The Morgan fingerprint density at radius 1 is 0.982 bits per heavy atom. The van der Waals surface area contributed by atoms with Crippen LogP contribution in [0.1, 0.15) is 90.9 Å². The highest BCUT2D eigenvalue weighted by Crippen LogP contribution is 2.39. The van der Waals surface area contributed by atoms with Crippen molar-refractivity contribution in [3.63, 3.8) is 0 Å². The Morgan fingerprint density at radius 3 is 2.40 bits per heavy atom. The number of ether oxygens (including phenoxy) is 1. The van der Waals surface area contributed by atoms with Crippen molar-refractivity contribution in [3.05, 3.63) is 111 Å². The van der Waals surface area contributed by atoms with Gasteiger partial charge in [-0.25, -0.2) is 0 Å². The summed E-state index contributed by atoms with van der Waals surface area (Å²) >= 11 is 0. The lowest BCUT2D eigenvalue weighted by atomic mass is 9.72. The van der Waals surface area contributed by atoms with E-state index < -0.39 is 11.5 Å². The number of aromatic amines is 1. The van der Waals surface area contributed by atoms with Gasteiger partial charge in [0.1, 0.15) is 11.9 Å². The second-order valence-corrected chi connectivity index (χ2v) is 15.7. The summed E-state index contributed by atoms with van der Waals surface area (Å²) < 4.78 is 6.23. The second-order valence-electron chi connectivity index (χ2n) is 15.7. The molecule has 6 N–H and O–H groups in total. The monoisotopic (exact) mass is 779 g/mol. The largest absolute Gasteiger partial charge is 0.506 e. The molecule has 0 unspecified atom stereocenters. The van der Waals surface area contributed by atoms with Crippen LogP contribution >= 0.6 is 0 Å². The smallest absolute Gasteiger partial charge is 0.317 e. The maximum Gasteiger partial charge on any atom is 0.317 e. The van der Waals surface area contributed by atoms with Crippen LogP contribution in [0.2, 0.25) is 0 Å². The highest BCUT2D eigenvalue weighted by molar-refractivity contribution is 5.94. The molecule has 2 atom stereocenters. The Balaban J connectivity index is 0.939. The summed E-state index contributed by atoms with van der Waals surface area (Å²) in [4.78, 5) is 58.4. The number of fused-ring (bicyclic) bond motifs is 1. The van der Waals surface area contributed by atoms with Gasteiger partial charge in [-0.05, 0) is 91.9 Å². The molecular weight excluding hydrogens is 723 g/mol. The molecule has 0 bridgehead atoms. The van der Waals surface area contributed by atoms with Gasteiger partial charge in [0.2, 0.25) is 11.5 Å². The lowest BCUT2D eigenvalue weighted by molar-refractivity contribution is -0.162. The molecule has 2 fully saturated rings. The average Bonchev–Trinajstić information content (AvgIpc) is 3.25. The first-order valence-corrected chi connectivity index (χ1v) is 20.4. The molecule has 3 aromatic carbocycles. The van der Waals surface area contributed by atoms with E-state index in [0.29, 0.717) is 87.3 Å². The Bertz CT molecular complexity index is 2020. The molecule has 2 heterocycles. The molecule has 1 aliphatic heterocycles. The molecule has 1 saturated heterocycles. The summed E-state index contributed by atoms with van der Waals surface area (Å²) in [5.41, 5.74) is 8.32. The van der Waals surface area contributed by atoms with Crippen molar-refractivity contribution in [2.45, 2.75) is 81.8 Å².